The van der Waals surface area contributed by atoms with E-state index in [9.17, 15) is 5.11 Å². The number of aromatic hydroxyl groups is 1. The van der Waals surface area contributed by atoms with Gasteiger partial charge in [0.1, 0.15) is 0 Å². The number of benzene rings is 1. The second kappa shape index (κ2) is 5.50. The second-order valence-corrected chi connectivity index (χ2v) is 4.73. The van der Waals surface area contributed by atoms with E-state index in [2.05, 4.69) is 10.1 Å². The number of hydrogen-bond donors (Lipinski definition) is 1. The van der Waals surface area contributed by atoms with Crippen LogP contribution in [0.25, 0.3) is 11.5 Å². The Balaban J connectivity index is 1.90. The molecule has 20 heavy (non-hydrogen) atoms. The van der Waals surface area contributed by atoms with E-state index in [1.54, 1.807) is 18.2 Å². The van der Waals surface area contributed by atoms with Crippen LogP contribution >= 0.6 is 0 Å². The summed E-state index contributed by atoms with van der Waals surface area (Å²) in [4.78, 5) is 4.37. The van der Waals surface area contributed by atoms with Crippen LogP contribution in [-0.2, 0) is 4.74 Å². The summed E-state index contributed by atoms with van der Waals surface area (Å²) < 4.78 is 15.7. The first-order chi connectivity index (χ1) is 9.79. The summed E-state index contributed by atoms with van der Waals surface area (Å²) in [5, 5.41) is 14.1. The van der Waals surface area contributed by atoms with Gasteiger partial charge < -0.3 is 19.1 Å². The zero-order valence-corrected chi connectivity index (χ0v) is 11.2. The lowest BCUT2D eigenvalue weighted by atomic mass is 10.0. The van der Waals surface area contributed by atoms with E-state index in [0.717, 1.165) is 19.4 Å². The van der Waals surface area contributed by atoms with Crippen LogP contribution in [0.2, 0.25) is 0 Å². The Morgan fingerprint density at radius 1 is 1.40 bits per heavy atom. The SMILES string of the molecule is COc1cccc(-c2nc(C3CCCOC3)no2)c1O. The molecular formula is C14H16N2O4. The molecule has 1 aromatic heterocycles. The van der Waals surface area contributed by atoms with Crippen LogP contribution < -0.4 is 4.74 Å². The molecule has 3 rings (SSSR count). The largest absolute Gasteiger partial charge is 0.504 e. The maximum atomic E-state index is 10.1. The standard InChI is InChI=1S/C14H16N2O4/c1-18-11-6-2-5-10(12(11)17)14-15-13(16-20-14)9-4-3-7-19-8-9/h2,5-6,9,17H,3-4,7-8H2,1H3. The minimum Gasteiger partial charge on any atom is -0.504 e. The molecule has 2 heterocycles. The first-order valence-corrected chi connectivity index (χ1v) is 6.57. The molecule has 1 saturated heterocycles. The molecule has 1 aliphatic rings. The van der Waals surface area contributed by atoms with Crippen LogP contribution in [0.3, 0.4) is 0 Å². The molecule has 0 aliphatic carbocycles. The van der Waals surface area contributed by atoms with Crippen LogP contribution in [-0.4, -0.2) is 35.6 Å². The fourth-order valence-corrected chi connectivity index (χ4v) is 2.31. The third kappa shape index (κ3) is 2.34. The van der Waals surface area contributed by atoms with E-state index >= 15 is 0 Å². The third-order valence-electron chi connectivity index (χ3n) is 3.42. The van der Waals surface area contributed by atoms with E-state index in [4.69, 9.17) is 14.0 Å². The molecule has 0 amide bonds. The number of phenolic OH excluding ortho intramolecular Hbond substituents is 1. The molecule has 0 bridgehead atoms. The number of ether oxygens (including phenoxy) is 2. The summed E-state index contributed by atoms with van der Waals surface area (Å²) in [7, 11) is 1.50. The molecule has 0 radical (unpaired) electrons. The van der Waals surface area contributed by atoms with Gasteiger partial charge in [-0.1, -0.05) is 11.2 Å². The second-order valence-electron chi connectivity index (χ2n) is 4.73. The molecule has 6 heteroatoms. The van der Waals surface area contributed by atoms with Crippen molar-refractivity contribution in [2.24, 2.45) is 0 Å². The normalized spacial score (nSPS) is 18.9. The average molecular weight is 276 g/mol. The van der Waals surface area contributed by atoms with Crippen LogP contribution in [0.1, 0.15) is 24.6 Å². The molecule has 1 unspecified atom stereocenters. The summed E-state index contributed by atoms with van der Waals surface area (Å²) >= 11 is 0. The van der Waals surface area contributed by atoms with E-state index in [1.165, 1.54) is 7.11 Å². The van der Waals surface area contributed by atoms with Crippen molar-refractivity contribution in [3.05, 3.63) is 24.0 Å². The van der Waals surface area contributed by atoms with Crippen molar-refractivity contribution in [3.63, 3.8) is 0 Å². The van der Waals surface area contributed by atoms with Gasteiger partial charge in [-0.15, -0.1) is 0 Å². The molecule has 106 valence electrons. The van der Waals surface area contributed by atoms with E-state index in [1.807, 2.05) is 0 Å². The zero-order chi connectivity index (χ0) is 13.9. The Morgan fingerprint density at radius 3 is 3.05 bits per heavy atom. The van der Waals surface area contributed by atoms with Crippen molar-refractivity contribution in [1.29, 1.82) is 0 Å². The maximum absolute atomic E-state index is 10.1. The highest BCUT2D eigenvalue weighted by molar-refractivity contribution is 5.66. The van der Waals surface area contributed by atoms with Gasteiger partial charge in [-0.3, -0.25) is 0 Å². The number of methoxy groups -OCH3 is 1. The number of aromatic nitrogens is 2. The van der Waals surface area contributed by atoms with Crippen molar-refractivity contribution < 1.29 is 19.1 Å². The van der Waals surface area contributed by atoms with Gasteiger partial charge in [-0.2, -0.15) is 4.98 Å². The van der Waals surface area contributed by atoms with Gasteiger partial charge in [-0.05, 0) is 25.0 Å². The quantitative estimate of drug-likeness (QED) is 0.927. The molecule has 2 aromatic rings. The number of phenols is 1. The molecule has 6 nitrogen and oxygen atoms in total. The van der Waals surface area contributed by atoms with Gasteiger partial charge in [0.25, 0.3) is 5.89 Å². The lowest BCUT2D eigenvalue weighted by Gasteiger charge is -2.18. The summed E-state index contributed by atoms with van der Waals surface area (Å²) in [6.45, 7) is 1.40. The predicted molar refractivity (Wildman–Crippen MR) is 70.7 cm³/mol. The number of hydrogen-bond acceptors (Lipinski definition) is 6. The fourth-order valence-electron chi connectivity index (χ4n) is 2.31. The van der Waals surface area contributed by atoms with Crippen LogP contribution in [0, 0.1) is 0 Å². The minimum atomic E-state index is 0.00472. The van der Waals surface area contributed by atoms with Gasteiger partial charge in [0.2, 0.25) is 0 Å². The average Bonchev–Trinajstić information content (AvgIpc) is 2.98. The highest BCUT2D eigenvalue weighted by atomic mass is 16.5. The van der Waals surface area contributed by atoms with E-state index in [-0.39, 0.29) is 11.7 Å². The molecule has 1 aromatic carbocycles. The predicted octanol–water partition coefficient (Wildman–Crippen LogP) is 2.34. The van der Waals surface area contributed by atoms with Crippen LogP contribution in [0.15, 0.2) is 22.7 Å². The van der Waals surface area contributed by atoms with Gasteiger partial charge >= 0.3 is 0 Å². The van der Waals surface area contributed by atoms with Crippen LogP contribution in [0.4, 0.5) is 0 Å². The zero-order valence-electron chi connectivity index (χ0n) is 11.2. The topological polar surface area (TPSA) is 77.6 Å². The third-order valence-corrected chi connectivity index (χ3v) is 3.42. The smallest absolute Gasteiger partial charge is 0.261 e. The van der Waals surface area contributed by atoms with Crippen molar-refractivity contribution >= 4 is 0 Å². The summed E-state index contributed by atoms with van der Waals surface area (Å²) in [6, 6.07) is 5.15. The summed E-state index contributed by atoms with van der Waals surface area (Å²) in [5.41, 5.74) is 0.472. The molecule has 1 N–H and O–H groups in total. The van der Waals surface area contributed by atoms with Crippen molar-refractivity contribution in [3.8, 4) is 23.0 Å². The van der Waals surface area contributed by atoms with Gasteiger partial charge in [-0.25, -0.2) is 0 Å². The maximum Gasteiger partial charge on any atom is 0.261 e. The number of rotatable bonds is 3. The Hall–Kier alpha value is -2.08. The highest BCUT2D eigenvalue weighted by Crippen LogP contribution is 2.36. The molecule has 1 aliphatic heterocycles. The Morgan fingerprint density at radius 2 is 2.30 bits per heavy atom. The fraction of sp³-hybridized carbons (Fsp3) is 0.429. The molecule has 1 fully saturated rings. The van der Waals surface area contributed by atoms with Gasteiger partial charge in [0.05, 0.1) is 19.3 Å². The van der Waals surface area contributed by atoms with E-state index in [0.29, 0.717) is 29.6 Å². The highest BCUT2D eigenvalue weighted by Gasteiger charge is 2.23. The molecular weight excluding hydrogens is 260 g/mol. The molecule has 0 spiro atoms. The van der Waals surface area contributed by atoms with E-state index < -0.39 is 0 Å². The molecule has 0 saturated carbocycles. The minimum absolute atomic E-state index is 0.00472. The van der Waals surface area contributed by atoms with Gasteiger partial charge in [0, 0.05) is 12.5 Å². The van der Waals surface area contributed by atoms with Gasteiger partial charge in [0.15, 0.2) is 17.3 Å². The summed E-state index contributed by atoms with van der Waals surface area (Å²) in [6.07, 6.45) is 1.99. The monoisotopic (exact) mass is 276 g/mol. The Bertz CT molecular complexity index is 591. The van der Waals surface area contributed by atoms with Crippen molar-refractivity contribution in [1.82, 2.24) is 10.1 Å². The van der Waals surface area contributed by atoms with Crippen LogP contribution in [0.5, 0.6) is 11.5 Å². The first kappa shape index (κ1) is 12.9. The molecule has 1 atom stereocenters. The van der Waals surface area contributed by atoms with Crippen molar-refractivity contribution in [2.75, 3.05) is 20.3 Å². The Labute approximate surface area is 116 Å². The number of nitrogens with zero attached hydrogens (tertiary/aromatic N) is 2. The summed E-state index contributed by atoms with van der Waals surface area (Å²) in [5.74, 6) is 1.46. The Kier molecular flexibility index (Phi) is 3.56. The lowest BCUT2D eigenvalue weighted by Crippen LogP contribution is -2.16. The first-order valence-electron chi connectivity index (χ1n) is 6.57. The van der Waals surface area contributed by atoms with Crippen molar-refractivity contribution in [2.45, 2.75) is 18.8 Å². The lowest BCUT2D eigenvalue weighted by molar-refractivity contribution is 0.0773. The number of para-hydroxylation sites is 1.